The van der Waals surface area contributed by atoms with Crippen LogP contribution in [0.25, 0.3) is 0 Å². The van der Waals surface area contributed by atoms with Gasteiger partial charge < -0.3 is 0 Å². The Balaban J connectivity index is 2.32. The third-order valence-electron chi connectivity index (χ3n) is 3.04. The number of anilines is 1. The summed E-state index contributed by atoms with van der Waals surface area (Å²) < 4.78 is 25.5. The Morgan fingerprint density at radius 3 is 2.50 bits per heavy atom. The predicted molar refractivity (Wildman–Crippen MR) is 92.4 cm³/mol. The summed E-state index contributed by atoms with van der Waals surface area (Å²) in [4.78, 5) is 27.3. The Kier molecular flexibility index (Phi) is 5.38. The number of Topliss-reactive ketones (excluding diaryl/α,β-unsaturated/α-hetero) is 1. The number of carbonyl (C=O) groups excluding carboxylic acids is 2. The molecule has 0 fully saturated rings. The van der Waals surface area contributed by atoms with Crippen LogP contribution in [-0.4, -0.2) is 43.5 Å². The van der Waals surface area contributed by atoms with Crippen molar-refractivity contribution < 1.29 is 18.0 Å². The number of aromatic nitrogens is 1. The Morgan fingerprint density at radius 2 is 1.96 bits per heavy atom. The molecule has 24 heavy (non-hydrogen) atoms. The SMILES string of the molecule is CC(=O)c1csc(NC(=O)c2ccc(Cl)c(S(=O)(=O)N(C)C)c2)n1. The maximum Gasteiger partial charge on any atom is 0.257 e. The van der Waals surface area contributed by atoms with Gasteiger partial charge in [-0.2, -0.15) is 0 Å². The van der Waals surface area contributed by atoms with Crippen molar-refractivity contribution in [3.8, 4) is 0 Å². The van der Waals surface area contributed by atoms with Gasteiger partial charge in [0.25, 0.3) is 5.91 Å². The van der Waals surface area contributed by atoms with E-state index in [0.29, 0.717) is 0 Å². The maximum atomic E-state index is 12.3. The number of halogens is 1. The van der Waals surface area contributed by atoms with Crippen LogP contribution >= 0.6 is 22.9 Å². The number of hydrogen-bond donors (Lipinski definition) is 1. The minimum atomic E-state index is -3.78. The summed E-state index contributed by atoms with van der Waals surface area (Å²) in [5.74, 6) is -0.760. The highest BCUT2D eigenvalue weighted by Gasteiger charge is 2.22. The van der Waals surface area contributed by atoms with Crippen molar-refractivity contribution in [1.82, 2.24) is 9.29 Å². The minimum absolute atomic E-state index is 0.0216. The van der Waals surface area contributed by atoms with E-state index in [2.05, 4.69) is 10.3 Å². The molecule has 0 unspecified atom stereocenters. The molecule has 1 aromatic carbocycles. The van der Waals surface area contributed by atoms with Crippen LogP contribution in [0.1, 0.15) is 27.8 Å². The normalized spacial score (nSPS) is 11.5. The van der Waals surface area contributed by atoms with Gasteiger partial charge in [-0.1, -0.05) is 11.6 Å². The van der Waals surface area contributed by atoms with Crippen molar-refractivity contribution in [3.63, 3.8) is 0 Å². The zero-order valence-corrected chi connectivity index (χ0v) is 15.4. The predicted octanol–water partition coefficient (Wildman–Crippen LogP) is 2.50. The zero-order chi connectivity index (χ0) is 18.1. The summed E-state index contributed by atoms with van der Waals surface area (Å²) in [6, 6.07) is 3.95. The lowest BCUT2D eigenvalue weighted by Crippen LogP contribution is -2.23. The van der Waals surface area contributed by atoms with E-state index in [-0.39, 0.29) is 32.1 Å². The molecule has 0 aliphatic carbocycles. The largest absolute Gasteiger partial charge is 0.298 e. The van der Waals surface area contributed by atoms with Gasteiger partial charge in [-0.3, -0.25) is 14.9 Å². The molecule has 0 bridgehead atoms. The second kappa shape index (κ2) is 6.98. The molecule has 7 nitrogen and oxygen atoms in total. The molecule has 1 heterocycles. The van der Waals surface area contributed by atoms with Gasteiger partial charge in [-0.25, -0.2) is 17.7 Å². The van der Waals surface area contributed by atoms with Gasteiger partial charge in [-0.15, -0.1) is 11.3 Å². The van der Waals surface area contributed by atoms with E-state index in [1.165, 1.54) is 44.6 Å². The Morgan fingerprint density at radius 1 is 1.29 bits per heavy atom. The standard InChI is InChI=1S/C14H14ClN3O4S2/c1-8(19)11-7-23-14(16-11)17-13(20)9-4-5-10(15)12(6-9)24(21,22)18(2)3/h4-7H,1-3H3,(H,16,17,20). The summed E-state index contributed by atoms with van der Waals surface area (Å²) in [6.07, 6.45) is 0. The van der Waals surface area contributed by atoms with Crippen LogP contribution in [0.15, 0.2) is 28.5 Å². The Hall–Kier alpha value is -1.81. The smallest absolute Gasteiger partial charge is 0.257 e. The first-order valence-corrected chi connectivity index (χ1v) is 9.32. The molecule has 0 spiro atoms. The average Bonchev–Trinajstić information content (AvgIpc) is 2.96. The minimum Gasteiger partial charge on any atom is -0.298 e. The van der Waals surface area contributed by atoms with E-state index < -0.39 is 15.9 Å². The number of nitrogens with zero attached hydrogens (tertiary/aromatic N) is 2. The molecular weight excluding hydrogens is 374 g/mol. The second-order valence-corrected chi connectivity index (χ2v) is 8.37. The molecule has 0 saturated heterocycles. The van der Waals surface area contributed by atoms with Gasteiger partial charge in [-0.05, 0) is 18.2 Å². The summed E-state index contributed by atoms with van der Waals surface area (Å²) in [5.41, 5.74) is 0.363. The number of benzene rings is 1. The number of carbonyl (C=O) groups is 2. The molecule has 1 amide bonds. The zero-order valence-electron chi connectivity index (χ0n) is 13.0. The summed E-state index contributed by atoms with van der Waals surface area (Å²) in [5, 5.41) is 4.32. The lowest BCUT2D eigenvalue weighted by Gasteiger charge is -2.13. The van der Waals surface area contributed by atoms with Crippen LogP contribution < -0.4 is 5.32 Å². The van der Waals surface area contributed by atoms with Gasteiger partial charge in [0.05, 0.1) is 5.02 Å². The molecule has 0 atom stereocenters. The maximum absolute atomic E-state index is 12.3. The molecule has 0 aliphatic rings. The van der Waals surface area contributed by atoms with Gasteiger partial charge in [0.15, 0.2) is 10.9 Å². The topological polar surface area (TPSA) is 96.4 Å². The fraction of sp³-hybridized carbons (Fsp3) is 0.214. The van der Waals surface area contributed by atoms with Crippen LogP contribution in [0.4, 0.5) is 5.13 Å². The van der Waals surface area contributed by atoms with Gasteiger partial charge in [0, 0.05) is 32.0 Å². The molecular formula is C14H14ClN3O4S2. The lowest BCUT2D eigenvalue weighted by atomic mass is 10.2. The monoisotopic (exact) mass is 387 g/mol. The molecule has 0 aliphatic heterocycles. The van der Waals surface area contributed by atoms with E-state index in [4.69, 9.17) is 11.6 Å². The number of ketones is 1. The second-order valence-electron chi connectivity index (χ2n) is 4.98. The van der Waals surface area contributed by atoms with E-state index in [0.717, 1.165) is 15.6 Å². The molecule has 2 rings (SSSR count). The Labute approximate surface area is 148 Å². The number of nitrogens with one attached hydrogen (secondary N) is 1. The van der Waals surface area contributed by atoms with Gasteiger partial charge in [0.2, 0.25) is 10.0 Å². The number of hydrogen-bond acceptors (Lipinski definition) is 6. The van der Waals surface area contributed by atoms with Crippen molar-refractivity contribution in [1.29, 1.82) is 0 Å². The van der Waals surface area contributed by atoms with E-state index in [1.54, 1.807) is 0 Å². The molecule has 1 aromatic heterocycles. The highest BCUT2D eigenvalue weighted by atomic mass is 35.5. The van der Waals surface area contributed by atoms with Gasteiger partial charge >= 0.3 is 0 Å². The van der Waals surface area contributed by atoms with Crippen LogP contribution in [0.2, 0.25) is 5.02 Å². The van der Waals surface area contributed by atoms with Crippen LogP contribution in [0, 0.1) is 0 Å². The van der Waals surface area contributed by atoms with E-state index >= 15 is 0 Å². The molecule has 0 radical (unpaired) electrons. The summed E-state index contributed by atoms with van der Waals surface area (Å²) in [6.45, 7) is 1.37. The number of sulfonamides is 1. The molecule has 128 valence electrons. The number of amides is 1. The van der Waals surface area contributed by atoms with E-state index in [9.17, 15) is 18.0 Å². The van der Waals surface area contributed by atoms with Crippen molar-refractivity contribution in [2.24, 2.45) is 0 Å². The molecule has 10 heteroatoms. The lowest BCUT2D eigenvalue weighted by molar-refractivity contribution is 0.100. The summed E-state index contributed by atoms with van der Waals surface area (Å²) >= 11 is 7.04. The third-order valence-corrected chi connectivity index (χ3v) is 6.09. The van der Waals surface area contributed by atoms with Crippen molar-refractivity contribution in [2.45, 2.75) is 11.8 Å². The fourth-order valence-electron chi connectivity index (χ4n) is 1.70. The third kappa shape index (κ3) is 3.81. The molecule has 1 N–H and O–H groups in total. The van der Waals surface area contributed by atoms with Crippen LogP contribution in [0.5, 0.6) is 0 Å². The van der Waals surface area contributed by atoms with Crippen LogP contribution in [-0.2, 0) is 10.0 Å². The number of thiazole rings is 1. The first-order chi connectivity index (χ1) is 11.1. The van der Waals surface area contributed by atoms with Gasteiger partial charge in [0.1, 0.15) is 10.6 Å². The highest BCUT2D eigenvalue weighted by Crippen LogP contribution is 2.25. The quantitative estimate of drug-likeness (QED) is 0.795. The fourth-order valence-corrected chi connectivity index (χ4v) is 3.84. The number of rotatable bonds is 5. The first-order valence-electron chi connectivity index (χ1n) is 6.63. The molecule has 0 saturated carbocycles. The van der Waals surface area contributed by atoms with Crippen LogP contribution in [0.3, 0.4) is 0 Å². The Bertz CT molecular complexity index is 906. The van der Waals surface area contributed by atoms with Crippen molar-refractivity contribution >= 4 is 49.8 Å². The highest BCUT2D eigenvalue weighted by molar-refractivity contribution is 7.89. The average molecular weight is 388 g/mol. The van der Waals surface area contributed by atoms with Crippen molar-refractivity contribution in [3.05, 3.63) is 39.9 Å². The molecule has 2 aromatic rings. The van der Waals surface area contributed by atoms with Crippen molar-refractivity contribution in [2.75, 3.05) is 19.4 Å². The summed E-state index contributed by atoms with van der Waals surface area (Å²) in [7, 11) is -1.04. The van der Waals surface area contributed by atoms with E-state index in [1.807, 2.05) is 0 Å². The first kappa shape index (κ1) is 18.5.